The summed E-state index contributed by atoms with van der Waals surface area (Å²) < 4.78 is 64.5. The Balaban J connectivity index is 1.47. The molecule has 3 aromatic rings. The molecule has 43 heavy (non-hydrogen) atoms. The highest BCUT2D eigenvalue weighted by molar-refractivity contribution is 6.31. The van der Waals surface area contributed by atoms with Gasteiger partial charge in [-0.15, -0.1) is 0 Å². The first-order valence-corrected chi connectivity index (χ1v) is 14.3. The number of hydrogen-bond acceptors (Lipinski definition) is 5. The van der Waals surface area contributed by atoms with Gasteiger partial charge in [-0.2, -0.15) is 18.3 Å². The van der Waals surface area contributed by atoms with Gasteiger partial charge < -0.3 is 19.8 Å². The van der Waals surface area contributed by atoms with E-state index in [0.29, 0.717) is 44.0 Å². The van der Waals surface area contributed by atoms with Crippen LogP contribution in [0.5, 0.6) is 0 Å². The molecule has 8 nitrogen and oxygen atoms in total. The predicted molar refractivity (Wildman–Crippen MR) is 146 cm³/mol. The molecule has 1 saturated carbocycles. The van der Waals surface area contributed by atoms with Crippen molar-refractivity contribution >= 4 is 23.5 Å². The van der Waals surface area contributed by atoms with Crippen LogP contribution in [0.2, 0.25) is 5.02 Å². The van der Waals surface area contributed by atoms with Crippen molar-refractivity contribution in [2.24, 2.45) is 5.92 Å². The number of halogens is 5. The van der Waals surface area contributed by atoms with Crippen molar-refractivity contribution in [3.8, 4) is 11.3 Å². The number of aliphatic hydroxyl groups excluding tert-OH is 1. The minimum Gasteiger partial charge on any atom is -0.478 e. The number of rotatable bonds is 6. The molecule has 0 spiro atoms. The van der Waals surface area contributed by atoms with Crippen molar-refractivity contribution < 1.29 is 42.1 Å². The van der Waals surface area contributed by atoms with Crippen LogP contribution in [0, 0.1) is 11.7 Å². The molecule has 1 amide bonds. The van der Waals surface area contributed by atoms with E-state index in [1.54, 1.807) is 4.90 Å². The molecule has 2 N–H and O–H groups in total. The third kappa shape index (κ3) is 5.08. The molecule has 1 aromatic heterocycles. The maximum Gasteiger partial charge on any atom is 0.398 e. The average molecular weight is 622 g/mol. The summed E-state index contributed by atoms with van der Waals surface area (Å²) in [5, 5.41) is 25.5. The second-order valence-corrected chi connectivity index (χ2v) is 11.7. The Kier molecular flexibility index (Phi) is 7.50. The van der Waals surface area contributed by atoms with E-state index in [0.717, 1.165) is 10.7 Å². The molecule has 3 aliphatic rings. The number of carbonyl (C=O) groups is 2. The van der Waals surface area contributed by atoms with Crippen molar-refractivity contribution in [3.63, 3.8) is 0 Å². The Morgan fingerprint density at radius 2 is 1.86 bits per heavy atom. The molecular formula is C30H28ClF4N3O5. The Morgan fingerprint density at radius 3 is 2.49 bits per heavy atom. The lowest BCUT2D eigenvalue weighted by atomic mass is 9.84. The molecule has 2 heterocycles. The lowest BCUT2D eigenvalue weighted by molar-refractivity contribution is -0.161. The van der Waals surface area contributed by atoms with Gasteiger partial charge in [0.15, 0.2) is 6.23 Å². The number of aliphatic hydroxyl groups is 1. The molecule has 2 aromatic carbocycles. The Bertz CT molecular complexity index is 1600. The van der Waals surface area contributed by atoms with Gasteiger partial charge in [0, 0.05) is 52.8 Å². The molecule has 0 radical (unpaired) electrons. The fourth-order valence-corrected chi connectivity index (χ4v) is 6.59. The maximum atomic E-state index is 15.3. The number of alkyl halides is 3. The van der Waals surface area contributed by atoms with Crippen LogP contribution in [0.4, 0.5) is 17.6 Å². The number of nitrogens with zero attached hydrogens (tertiary/aromatic N) is 3. The van der Waals surface area contributed by atoms with Crippen molar-refractivity contribution in [2.75, 3.05) is 26.3 Å². The molecule has 1 aliphatic heterocycles. The smallest absolute Gasteiger partial charge is 0.398 e. The number of hydrogen-bond donors (Lipinski definition) is 2. The zero-order chi connectivity index (χ0) is 30.7. The second-order valence-electron chi connectivity index (χ2n) is 11.3. The van der Waals surface area contributed by atoms with E-state index >= 15 is 4.39 Å². The van der Waals surface area contributed by atoms with E-state index in [2.05, 4.69) is 5.10 Å². The van der Waals surface area contributed by atoms with Crippen LogP contribution in [0.1, 0.15) is 58.2 Å². The van der Waals surface area contributed by atoms with E-state index in [-0.39, 0.29) is 64.6 Å². The Labute approximate surface area is 248 Å². The van der Waals surface area contributed by atoms with Crippen LogP contribution in [-0.2, 0) is 27.8 Å². The molecule has 2 aliphatic carbocycles. The number of ether oxygens (including phenoxy) is 1. The molecule has 2 unspecified atom stereocenters. The zero-order valence-corrected chi connectivity index (χ0v) is 23.6. The summed E-state index contributed by atoms with van der Waals surface area (Å²) in [6.07, 6.45) is -5.88. The number of carboxylic acid groups (broad SMARTS) is 1. The number of carbonyl (C=O) groups excluding carboxylic acids is 1. The first kappa shape index (κ1) is 29.6. The van der Waals surface area contributed by atoms with Gasteiger partial charge in [-0.05, 0) is 55.5 Å². The van der Waals surface area contributed by atoms with Crippen LogP contribution in [0.15, 0.2) is 36.4 Å². The van der Waals surface area contributed by atoms with E-state index in [9.17, 15) is 33.0 Å². The molecular weight excluding hydrogens is 594 g/mol. The largest absolute Gasteiger partial charge is 0.478 e. The lowest BCUT2D eigenvalue weighted by Crippen LogP contribution is -2.45. The van der Waals surface area contributed by atoms with Gasteiger partial charge in [0.25, 0.3) is 0 Å². The minimum atomic E-state index is -4.58. The molecule has 13 heteroatoms. The van der Waals surface area contributed by atoms with Gasteiger partial charge >= 0.3 is 12.1 Å². The summed E-state index contributed by atoms with van der Waals surface area (Å²) in [4.78, 5) is 26.5. The van der Waals surface area contributed by atoms with E-state index in [1.807, 2.05) is 0 Å². The fourth-order valence-electron chi connectivity index (χ4n) is 6.32. The number of amides is 1. The molecule has 228 valence electrons. The third-order valence-corrected chi connectivity index (χ3v) is 9.12. The summed E-state index contributed by atoms with van der Waals surface area (Å²) in [6, 6.07) is 7.45. The summed E-state index contributed by atoms with van der Waals surface area (Å²) in [5.74, 6) is -2.79. The van der Waals surface area contributed by atoms with E-state index in [4.69, 9.17) is 16.3 Å². The summed E-state index contributed by atoms with van der Waals surface area (Å²) in [7, 11) is 0. The minimum absolute atomic E-state index is 0.0292. The second kappa shape index (κ2) is 10.9. The number of morpholine rings is 1. The number of carboxylic acids is 1. The molecule has 6 rings (SSSR count). The highest BCUT2D eigenvalue weighted by Gasteiger charge is 2.65. The van der Waals surface area contributed by atoms with Crippen LogP contribution in [0.25, 0.3) is 11.3 Å². The van der Waals surface area contributed by atoms with Crippen molar-refractivity contribution in [2.45, 2.75) is 49.9 Å². The summed E-state index contributed by atoms with van der Waals surface area (Å²) in [5.41, 5.74) is -1.74. The van der Waals surface area contributed by atoms with Gasteiger partial charge in [0.2, 0.25) is 5.91 Å². The van der Waals surface area contributed by atoms with Gasteiger partial charge in [-0.1, -0.05) is 23.7 Å². The maximum absolute atomic E-state index is 15.3. The van der Waals surface area contributed by atoms with Gasteiger partial charge in [-0.3, -0.25) is 4.79 Å². The normalized spacial score (nSPS) is 20.4. The topological polar surface area (TPSA) is 105 Å². The number of fused-ring (bicyclic) bond motifs is 1. The highest BCUT2D eigenvalue weighted by Crippen LogP contribution is 2.60. The third-order valence-electron chi connectivity index (χ3n) is 8.80. The summed E-state index contributed by atoms with van der Waals surface area (Å²) >= 11 is 6.46. The Hall–Kier alpha value is -3.48. The number of aromatic nitrogens is 2. The highest BCUT2D eigenvalue weighted by atomic mass is 35.5. The van der Waals surface area contributed by atoms with Crippen LogP contribution in [0.3, 0.4) is 0 Å². The van der Waals surface area contributed by atoms with Crippen molar-refractivity contribution in [1.29, 1.82) is 0 Å². The molecule has 2 fully saturated rings. The van der Waals surface area contributed by atoms with E-state index in [1.165, 1.54) is 30.3 Å². The van der Waals surface area contributed by atoms with Gasteiger partial charge in [-0.25, -0.2) is 13.9 Å². The first-order chi connectivity index (χ1) is 20.4. The van der Waals surface area contributed by atoms with Crippen molar-refractivity contribution in [3.05, 3.63) is 75.2 Å². The summed E-state index contributed by atoms with van der Waals surface area (Å²) in [6.45, 7) is 1.68. The monoisotopic (exact) mass is 621 g/mol. The SMILES string of the molecule is O=C(O)c1ccc(-c2nn(C(O)c3c(Cl)cccc3C3(C(F)(F)F)CC3)c3c2CCC(C(=O)N2CCOCC2)C3)c(F)c1. The van der Waals surface area contributed by atoms with Crippen LogP contribution >= 0.6 is 11.6 Å². The van der Waals surface area contributed by atoms with Crippen LogP contribution in [-0.4, -0.2) is 69.2 Å². The van der Waals surface area contributed by atoms with E-state index < -0.39 is 35.5 Å². The fraction of sp³-hybridized carbons (Fsp3) is 0.433. The quantitative estimate of drug-likeness (QED) is 0.370. The van der Waals surface area contributed by atoms with Gasteiger partial charge in [0.05, 0.1) is 29.9 Å². The van der Waals surface area contributed by atoms with Gasteiger partial charge in [0.1, 0.15) is 5.82 Å². The zero-order valence-electron chi connectivity index (χ0n) is 22.8. The number of benzene rings is 2. The van der Waals surface area contributed by atoms with Crippen LogP contribution < -0.4 is 0 Å². The average Bonchev–Trinajstić information content (AvgIpc) is 3.73. The van der Waals surface area contributed by atoms with Crippen molar-refractivity contribution in [1.82, 2.24) is 14.7 Å². The Morgan fingerprint density at radius 1 is 1.14 bits per heavy atom. The molecule has 0 bridgehead atoms. The molecule has 1 saturated heterocycles. The predicted octanol–water partition coefficient (Wildman–Crippen LogP) is 5.14. The standard InChI is InChI=1S/C30H28ClF4N3O5/c31-21-3-1-2-20(29(8-9-29)30(33,34)35)24(21)27(40)38-23-15-16(26(39)37-10-12-43-13-11-37)4-7-19(23)25(36-38)18-6-5-17(28(41)42)14-22(18)32/h1-3,5-6,14,16,27,40H,4,7-13,15H2,(H,41,42). The molecule has 2 atom stereocenters. The lowest BCUT2D eigenvalue weighted by Gasteiger charge is -2.32. The first-order valence-electron chi connectivity index (χ1n) is 14.0. The number of aromatic carboxylic acids is 1.